The summed E-state index contributed by atoms with van der Waals surface area (Å²) in [6.45, 7) is 1.97. The van der Waals surface area contributed by atoms with Gasteiger partial charge in [0.05, 0.1) is 17.5 Å². The molecule has 0 amide bonds. The first kappa shape index (κ1) is 14.5. The van der Waals surface area contributed by atoms with E-state index >= 15 is 0 Å². The minimum absolute atomic E-state index is 0.215. The molecule has 106 valence electrons. The monoisotopic (exact) mass is 282 g/mol. The number of aromatic nitrogens is 1. The largest absolute Gasteiger partial charge is 0.260 e. The van der Waals surface area contributed by atoms with Crippen LogP contribution in [0.3, 0.4) is 0 Å². The van der Waals surface area contributed by atoms with Gasteiger partial charge in [-0.3, -0.25) is 4.98 Å². The highest BCUT2D eigenvalue weighted by Crippen LogP contribution is 2.26. The second-order valence-corrected chi connectivity index (χ2v) is 7.06. The lowest BCUT2D eigenvalue weighted by Crippen LogP contribution is -2.32. The third kappa shape index (κ3) is 4.28. The second-order valence-electron chi connectivity index (χ2n) is 5.27. The van der Waals surface area contributed by atoms with Crippen LogP contribution in [0.15, 0.2) is 24.4 Å². The van der Waals surface area contributed by atoms with Gasteiger partial charge >= 0.3 is 0 Å². The van der Waals surface area contributed by atoms with E-state index in [2.05, 4.69) is 9.71 Å². The molecule has 1 aliphatic rings. The van der Waals surface area contributed by atoms with Gasteiger partial charge in [-0.15, -0.1) is 0 Å². The zero-order chi connectivity index (χ0) is 13.7. The molecule has 1 atom stereocenters. The van der Waals surface area contributed by atoms with E-state index in [1.807, 2.05) is 25.1 Å². The van der Waals surface area contributed by atoms with Crippen molar-refractivity contribution in [1.29, 1.82) is 0 Å². The van der Waals surface area contributed by atoms with Crippen molar-refractivity contribution in [3.8, 4) is 0 Å². The van der Waals surface area contributed by atoms with E-state index in [4.69, 9.17) is 0 Å². The normalized spacial score (nSPS) is 18.6. The first-order valence-corrected chi connectivity index (χ1v) is 8.67. The zero-order valence-corrected chi connectivity index (χ0v) is 12.2. The fraction of sp³-hybridized carbons (Fsp3) is 0.643. The van der Waals surface area contributed by atoms with Gasteiger partial charge in [0.25, 0.3) is 0 Å². The highest BCUT2D eigenvalue weighted by Gasteiger charge is 2.25. The quantitative estimate of drug-likeness (QED) is 0.872. The number of hydrogen-bond acceptors (Lipinski definition) is 3. The summed E-state index contributed by atoms with van der Waals surface area (Å²) in [5.74, 6) is 0.592. The molecule has 1 heterocycles. The number of rotatable bonds is 6. The highest BCUT2D eigenvalue weighted by molar-refractivity contribution is 7.89. The highest BCUT2D eigenvalue weighted by atomic mass is 32.2. The summed E-state index contributed by atoms with van der Waals surface area (Å²) >= 11 is 0. The van der Waals surface area contributed by atoms with Crippen molar-refractivity contribution in [3.63, 3.8) is 0 Å². The standard InChI is InChI=1S/C14H22N2O2S/c1-2-13(14-9-5-6-10-15-14)16-19(17,18)11-12-7-3-4-8-12/h5-6,9-10,12-13,16H,2-4,7-8,11H2,1H3/t13-/m1/s1. The van der Waals surface area contributed by atoms with Crippen molar-refractivity contribution < 1.29 is 8.42 Å². The van der Waals surface area contributed by atoms with Gasteiger partial charge in [0.1, 0.15) is 0 Å². The Morgan fingerprint density at radius 2 is 2.11 bits per heavy atom. The predicted molar refractivity (Wildman–Crippen MR) is 76.1 cm³/mol. The Hall–Kier alpha value is -0.940. The van der Waals surface area contributed by atoms with E-state index in [0.29, 0.717) is 12.3 Å². The maximum absolute atomic E-state index is 12.2. The Balaban J connectivity index is 2.00. The molecule has 1 aromatic rings. The SMILES string of the molecule is CC[C@@H](NS(=O)(=O)CC1CCCC1)c1ccccn1. The molecule has 1 N–H and O–H groups in total. The average Bonchev–Trinajstić information content (AvgIpc) is 2.89. The Morgan fingerprint density at radius 3 is 2.68 bits per heavy atom. The molecular formula is C14H22N2O2S. The first-order valence-electron chi connectivity index (χ1n) is 7.01. The fourth-order valence-corrected chi connectivity index (χ4v) is 4.46. The second kappa shape index (κ2) is 6.48. The number of pyridine rings is 1. The van der Waals surface area contributed by atoms with Crippen molar-refractivity contribution >= 4 is 10.0 Å². The minimum atomic E-state index is -3.21. The lowest BCUT2D eigenvalue weighted by molar-refractivity contribution is 0.522. The third-order valence-electron chi connectivity index (χ3n) is 3.70. The van der Waals surface area contributed by atoms with Gasteiger partial charge in [-0.2, -0.15) is 0 Å². The van der Waals surface area contributed by atoms with Crippen molar-refractivity contribution in [2.45, 2.75) is 45.1 Å². The van der Waals surface area contributed by atoms with Gasteiger partial charge < -0.3 is 0 Å². The van der Waals surface area contributed by atoms with E-state index in [9.17, 15) is 8.42 Å². The lowest BCUT2D eigenvalue weighted by Gasteiger charge is -2.18. The maximum Gasteiger partial charge on any atom is 0.212 e. The molecule has 0 saturated heterocycles. The zero-order valence-electron chi connectivity index (χ0n) is 11.4. The number of hydrogen-bond donors (Lipinski definition) is 1. The molecule has 2 rings (SSSR count). The molecule has 5 heteroatoms. The van der Waals surface area contributed by atoms with E-state index < -0.39 is 10.0 Å². The predicted octanol–water partition coefficient (Wildman–Crippen LogP) is 2.64. The van der Waals surface area contributed by atoms with Gasteiger partial charge in [-0.05, 0) is 37.3 Å². The van der Waals surface area contributed by atoms with Gasteiger partial charge in [-0.1, -0.05) is 25.8 Å². The molecule has 0 spiro atoms. The number of sulfonamides is 1. The Labute approximate surface area is 115 Å². The summed E-state index contributed by atoms with van der Waals surface area (Å²) in [6, 6.07) is 5.37. The molecule has 1 saturated carbocycles. The van der Waals surface area contributed by atoms with Crippen LogP contribution >= 0.6 is 0 Å². The van der Waals surface area contributed by atoms with Gasteiger partial charge in [0.2, 0.25) is 10.0 Å². The molecule has 1 aliphatic carbocycles. The molecule has 0 bridgehead atoms. The van der Waals surface area contributed by atoms with Crippen LogP contribution in [0.4, 0.5) is 0 Å². The van der Waals surface area contributed by atoms with Crippen molar-refractivity contribution in [2.75, 3.05) is 5.75 Å². The summed E-state index contributed by atoms with van der Waals surface area (Å²) in [4.78, 5) is 4.24. The molecule has 0 aromatic carbocycles. The van der Waals surface area contributed by atoms with E-state index in [1.165, 1.54) is 0 Å². The van der Waals surface area contributed by atoms with Crippen molar-refractivity contribution in [1.82, 2.24) is 9.71 Å². The summed E-state index contributed by atoms with van der Waals surface area (Å²) in [5.41, 5.74) is 0.792. The van der Waals surface area contributed by atoms with Crippen LogP contribution in [0.25, 0.3) is 0 Å². The average molecular weight is 282 g/mol. The topological polar surface area (TPSA) is 59.1 Å². The van der Waals surface area contributed by atoms with Crippen LogP contribution in [-0.4, -0.2) is 19.2 Å². The molecule has 1 aromatic heterocycles. The Kier molecular flexibility index (Phi) is 4.93. The van der Waals surface area contributed by atoms with Gasteiger partial charge in [0, 0.05) is 6.20 Å². The number of nitrogens with one attached hydrogen (secondary N) is 1. The Morgan fingerprint density at radius 1 is 1.37 bits per heavy atom. The molecule has 0 aliphatic heterocycles. The Bertz CT molecular complexity index is 481. The van der Waals surface area contributed by atoms with Gasteiger partial charge in [-0.25, -0.2) is 13.1 Å². The van der Waals surface area contributed by atoms with E-state index in [-0.39, 0.29) is 11.8 Å². The smallest absolute Gasteiger partial charge is 0.212 e. The molecule has 1 fully saturated rings. The summed E-state index contributed by atoms with van der Waals surface area (Å²) in [6.07, 6.45) is 6.82. The van der Waals surface area contributed by atoms with Crippen molar-refractivity contribution in [2.24, 2.45) is 5.92 Å². The van der Waals surface area contributed by atoms with Crippen LogP contribution in [-0.2, 0) is 10.0 Å². The van der Waals surface area contributed by atoms with Crippen LogP contribution in [0.2, 0.25) is 0 Å². The van der Waals surface area contributed by atoms with Crippen LogP contribution in [0.1, 0.15) is 50.8 Å². The van der Waals surface area contributed by atoms with Crippen LogP contribution < -0.4 is 4.72 Å². The molecule has 4 nitrogen and oxygen atoms in total. The fourth-order valence-electron chi connectivity index (χ4n) is 2.69. The van der Waals surface area contributed by atoms with E-state index in [0.717, 1.165) is 31.4 Å². The molecule has 0 radical (unpaired) electrons. The van der Waals surface area contributed by atoms with Crippen molar-refractivity contribution in [3.05, 3.63) is 30.1 Å². The number of nitrogens with zero attached hydrogens (tertiary/aromatic N) is 1. The summed E-state index contributed by atoms with van der Waals surface area (Å²) in [5, 5.41) is 0. The summed E-state index contributed by atoms with van der Waals surface area (Å²) < 4.78 is 27.2. The molecule has 0 unspecified atom stereocenters. The van der Waals surface area contributed by atoms with Crippen LogP contribution in [0.5, 0.6) is 0 Å². The van der Waals surface area contributed by atoms with Crippen LogP contribution in [0, 0.1) is 5.92 Å². The maximum atomic E-state index is 12.2. The minimum Gasteiger partial charge on any atom is -0.260 e. The summed E-state index contributed by atoms with van der Waals surface area (Å²) in [7, 11) is -3.21. The lowest BCUT2D eigenvalue weighted by atomic mass is 10.1. The van der Waals surface area contributed by atoms with Gasteiger partial charge in [0.15, 0.2) is 0 Å². The first-order chi connectivity index (χ1) is 9.11. The molecule has 19 heavy (non-hydrogen) atoms. The third-order valence-corrected chi connectivity index (χ3v) is 5.26. The van der Waals surface area contributed by atoms with E-state index in [1.54, 1.807) is 6.20 Å². The molecular weight excluding hydrogens is 260 g/mol.